The van der Waals surface area contributed by atoms with Crippen LogP contribution in [-0.2, 0) is 29.6 Å². The van der Waals surface area contributed by atoms with Gasteiger partial charge < -0.3 is 5.11 Å². The third-order valence-electron chi connectivity index (χ3n) is 6.48. The van der Waals surface area contributed by atoms with E-state index in [1.54, 1.807) is 23.2 Å². The minimum Gasteiger partial charge on any atom is -0.478 e. The van der Waals surface area contributed by atoms with Crippen molar-refractivity contribution in [2.45, 2.75) is 45.1 Å². The minimum atomic E-state index is -0.963. The maximum atomic E-state index is 14.0. The molecule has 31 heavy (non-hydrogen) atoms. The van der Waals surface area contributed by atoms with Crippen LogP contribution in [0.2, 0.25) is 5.02 Å². The number of rotatable bonds is 4. The van der Waals surface area contributed by atoms with E-state index in [1.165, 1.54) is 0 Å². The summed E-state index contributed by atoms with van der Waals surface area (Å²) in [5.41, 5.74) is 4.74. The molecule has 0 saturated carbocycles. The second-order valence-electron chi connectivity index (χ2n) is 8.40. The summed E-state index contributed by atoms with van der Waals surface area (Å²) in [5.74, 6) is -0.980. The number of fused-ring (bicyclic) bond motifs is 3. The second-order valence-corrected chi connectivity index (χ2v) is 8.80. The van der Waals surface area contributed by atoms with Crippen molar-refractivity contribution < 1.29 is 14.7 Å². The molecule has 1 unspecified atom stereocenters. The Morgan fingerprint density at radius 1 is 1.23 bits per heavy atom. The molecule has 0 saturated heterocycles. The number of carboxylic acid groups (broad SMARTS) is 1. The number of hydrogen-bond acceptors (Lipinski definition) is 3. The van der Waals surface area contributed by atoms with Crippen molar-refractivity contribution in [3.05, 3.63) is 75.6 Å². The van der Waals surface area contributed by atoms with E-state index in [0.29, 0.717) is 17.9 Å². The molecule has 2 heterocycles. The molecule has 2 aromatic carbocycles. The zero-order valence-electron chi connectivity index (χ0n) is 17.4. The average Bonchev–Trinajstić information content (AvgIpc) is 3.41. The summed E-state index contributed by atoms with van der Waals surface area (Å²) >= 11 is 6.46. The highest BCUT2D eigenvalue weighted by Gasteiger charge is 2.55. The highest BCUT2D eigenvalue weighted by Crippen LogP contribution is 2.54. The van der Waals surface area contributed by atoms with Gasteiger partial charge >= 0.3 is 5.97 Å². The Bertz CT molecular complexity index is 1250. The predicted octanol–water partition coefficient (Wildman–Crippen LogP) is 4.67. The molecular weight excluding hydrogens is 414 g/mol. The number of benzene rings is 2. The number of hydrogen-bond donors (Lipinski definition) is 1. The normalized spacial score (nSPS) is 19.2. The quantitative estimate of drug-likeness (QED) is 0.646. The van der Waals surface area contributed by atoms with Gasteiger partial charge in [-0.1, -0.05) is 30.7 Å². The maximum Gasteiger partial charge on any atom is 0.335 e. The molecule has 5 rings (SSSR count). The number of carbonyl (C=O) groups is 2. The number of anilines is 2. The van der Waals surface area contributed by atoms with Crippen molar-refractivity contribution in [2.75, 3.05) is 4.90 Å². The summed E-state index contributed by atoms with van der Waals surface area (Å²) in [7, 11) is 0. The molecule has 2 aliphatic rings. The van der Waals surface area contributed by atoms with Gasteiger partial charge in [0, 0.05) is 17.8 Å². The molecule has 1 aromatic heterocycles. The number of nitrogens with zero attached hydrogens (tertiary/aromatic N) is 3. The van der Waals surface area contributed by atoms with E-state index in [-0.39, 0.29) is 11.5 Å². The smallest absolute Gasteiger partial charge is 0.335 e. The van der Waals surface area contributed by atoms with E-state index >= 15 is 0 Å². The zero-order chi connectivity index (χ0) is 21.9. The maximum absolute atomic E-state index is 14.0. The molecule has 1 atom stereocenters. The number of amides is 1. The SMILES string of the molecule is CCCn1cc(N2C(=O)C3(Cc4ccc(C(=O)O)cc4C3)c3ccc(Cl)c(C)c32)cn1. The van der Waals surface area contributed by atoms with Crippen molar-refractivity contribution in [1.29, 1.82) is 0 Å². The first-order valence-corrected chi connectivity index (χ1v) is 10.7. The standard InChI is InChI=1S/C24H22ClN3O3/c1-3-8-27-13-18(12-26-27)28-21-14(2)20(25)7-6-19(21)24(23(28)31)10-16-5-4-15(22(29)30)9-17(16)11-24/h4-7,9,12-13H,3,8,10-11H2,1-2H3,(H,29,30). The predicted molar refractivity (Wildman–Crippen MR) is 118 cm³/mol. The zero-order valence-corrected chi connectivity index (χ0v) is 18.1. The Morgan fingerprint density at radius 2 is 2.00 bits per heavy atom. The van der Waals surface area contributed by atoms with Crippen LogP contribution in [0, 0.1) is 6.92 Å². The van der Waals surface area contributed by atoms with Crippen LogP contribution >= 0.6 is 11.6 Å². The van der Waals surface area contributed by atoms with Gasteiger partial charge in [0.1, 0.15) is 0 Å². The molecule has 0 fully saturated rings. The third kappa shape index (κ3) is 2.82. The average molecular weight is 436 g/mol. The molecule has 0 radical (unpaired) electrons. The molecule has 6 nitrogen and oxygen atoms in total. The lowest BCUT2D eigenvalue weighted by atomic mass is 9.78. The lowest BCUT2D eigenvalue weighted by Gasteiger charge is -2.23. The number of aromatic nitrogens is 2. The van der Waals surface area contributed by atoms with Gasteiger partial charge in [-0.25, -0.2) is 4.79 Å². The number of aryl methyl sites for hydroxylation is 1. The first-order chi connectivity index (χ1) is 14.9. The van der Waals surface area contributed by atoms with Gasteiger partial charge in [-0.2, -0.15) is 5.10 Å². The fraction of sp³-hybridized carbons (Fsp3) is 0.292. The van der Waals surface area contributed by atoms with Gasteiger partial charge in [-0.3, -0.25) is 14.4 Å². The van der Waals surface area contributed by atoms with Crippen molar-refractivity contribution in [3.8, 4) is 0 Å². The van der Waals surface area contributed by atoms with Gasteiger partial charge in [0.25, 0.3) is 0 Å². The van der Waals surface area contributed by atoms with Crippen LogP contribution in [0.4, 0.5) is 11.4 Å². The summed E-state index contributed by atoms with van der Waals surface area (Å²) < 4.78 is 1.84. The van der Waals surface area contributed by atoms with E-state index in [4.69, 9.17) is 11.6 Å². The number of aromatic carboxylic acids is 1. The van der Waals surface area contributed by atoms with Crippen LogP contribution < -0.4 is 4.90 Å². The fourth-order valence-electron chi connectivity index (χ4n) is 5.00. The first-order valence-electron chi connectivity index (χ1n) is 10.4. The van der Waals surface area contributed by atoms with Gasteiger partial charge in [-0.15, -0.1) is 0 Å². The van der Waals surface area contributed by atoms with E-state index in [1.807, 2.05) is 36.0 Å². The number of halogens is 1. The van der Waals surface area contributed by atoms with Gasteiger partial charge in [0.05, 0.1) is 28.6 Å². The highest BCUT2D eigenvalue weighted by molar-refractivity contribution is 6.32. The molecule has 3 aromatic rings. The molecule has 1 amide bonds. The topological polar surface area (TPSA) is 75.4 Å². The van der Waals surface area contributed by atoms with Crippen LogP contribution in [0.5, 0.6) is 0 Å². The molecule has 0 bridgehead atoms. The van der Waals surface area contributed by atoms with Crippen LogP contribution in [0.1, 0.15) is 46.0 Å². The highest BCUT2D eigenvalue weighted by atomic mass is 35.5. The van der Waals surface area contributed by atoms with Crippen LogP contribution in [-0.4, -0.2) is 26.8 Å². The summed E-state index contributed by atoms with van der Waals surface area (Å²) in [5, 5.41) is 14.4. The Kier molecular flexibility index (Phi) is 4.45. The lowest BCUT2D eigenvalue weighted by molar-refractivity contribution is -0.122. The summed E-state index contributed by atoms with van der Waals surface area (Å²) in [6.07, 6.45) is 5.57. The second kappa shape index (κ2) is 6.95. The van der Waals surface area contributed by atoms with Gasteiger partial charge in [0.15, 0.2) is 0 Å². The molecule has 1 spiro atoms. The van der Waals surface area contributed by atoms with Crippen molar-refractivity contribution in [1.82, 2.24) is 9.78 Å². The van der Waals surface area contributed by atoms with Gasteiger partial charge in [-0.05, 0) is 66.6 Å². The Labute approximate surface area is 185 Å². The van der Waals surface area contributed by atoms with E-state index in [0.717, 1.165) is 46.6 Å². The molecule has 7 heteroatoms. The van der Waals surface area contributed by atoms with E-state index in [9.17, 15) is 14.7 Å². The Hall–Kier alpha value is -3.12. The van der Waals surface area contributed by atoms with Crippen LogP contribution in [0.25, 0.3) is 0 Å². The van der Waals surface area contributed by atoms with E-state index in [2.05, 4.69) is 12.0 Å². The van der Waals surface area contributed by atoms with Crippen LogP contribution in [0.15, 0.2) is 42.7 Å². The summed E-state index contributed by atoms with van der Waals surface area (Å²) in [6.45, 7) is 4.79. The third-order valence-corrected chi connectivity index (χ3v) is 6.89. The first kappa shape index (κ1) is 19.8. The van der Waals surface area contributed by atoms with Crippen molar-refractivity contribution in [2.24, 2.45) is 0 Å². The molecule has 1 aliphatic carbocycles. The lowest BCUT2D eigenvalue weighted by Crippen LogP contribution is -2.39. The van der Waals surface area contributed by atoms with Crippen molar-refractivity contribution in [3.63, 3.8) is 0 Å². The number of carbonyl (C=O) groups excluding carboxylic acids is 1. The van der Waals surface area contributed by atoms with Crippen molar-refractivity contribution >= 4 is 34.9 Å². The summed E-state index contributed by atoms with van der Waals surface area (Å²) in [6, 6.07) is 8.94. The van der Waals surface area contributed by atoms with Gasteiger partial charge in [0.2, 0.25) is 5.91 Å². The summed E-state index contributed by atoms with van der Waals surface area (Å²) in [4.78, 5) is 27.2. The Balaban J connectivity index is 1.66. The molecule has 1 N–H and O–H groups in total. The molecule has 1 aliphatic heterocycles. The monoisotopic (exact) mass is 435 g/mol. The largest absolute Gasteiger partial charge is 0.478 e. The minimum absolute atomic E-state index is 0.0167. The number of carboxylic acids is 1. The molecular formula is C24H22ClN3O3. The Morgan fingerprint density at radius 3 is 2.74 bits per heavy atom. The van der Waals surface area contributed by atoms with Crippen LogP contribution in [0.3, 0.4) is 0 Å². The fourth-order valence-corrected chi connectivity index (χ4v) is 5.15. The molecule has 158 valence electrons. The van der Waals surface area contributed by atoms with E-state index < -0.39 is 11.4 Å².